The van der Waals surface area contributed by atoms with Gasteiger partial charge in [0.15, 0.2) is 0 Å². The molecular weight excluding hydrogens is 276 g/mol. The van der Waals surface area contributed by atoms with E-state index in [1.807, 2.05) is 0 Å². The maximum Gasteiger partial charge on any atom is 0.129 e. The quantitative estimate of drug-likeness (QED) is 0.854. The fourth-order valence-corrected chi connectivity index (χ4v) is 1.78. The van der Waals surface area contributed by atoms with E-state index in [-0.39, 0.29) is 12.4 Å². The number of rotatable bonds is 3. The first-order chi connectivity index (χ1) is 8.56. The molecule has 18 heavy (non-hydrogen) atoms. The van der Waals surface area contributed by atoms with Crippen LogP contribution < -0.4 is 10.5 Å². The second kappa shape index (κ2) is 5.46. The summed E-state index contributed by atoms with van der Waals surface area (Å²) in [6.07, 6.45) is 0. The molecule has 5 heteroatoms. The van der Waals surface area contributed by atoms with Crippen LogP contribution >= 0.6 is 23.2 Å². The van der Waals surface area contributed by atoms with Crippen LogP contribution in [0, 0.1) is 5.82 Å². The second-order valence-corrected chi connectivity index (χ2v) is 4.55. The molecular formula is C13H10Cl2FNO. The summed E-state index contributed by atoms with van der Waals surface area (Å²) in [5.41, 5.74) is 6.43. The number of nitrogens with two attached hydrogens (primary N) is 1. The van der Waals surface area contributed by atoms with Crippen LogP contribution in [-0.4, -0.2) is 0 Å². The van der Waals surface area contributed by atoms with Crippen LogP contribution in [0.15, 0.2) is 36.4 Å². The Labute approximate surface area is 114 Å². The predicted octanol–water partition coefficient (Wildman–Crippen LogP) is 4.29. The molecule has 0 saturated heterocycles. The molecule has 0 spiro atoms. The summed E-state index contributed by atoms with van der Waals surface area (Å²) in [4.78, 5) is 0. The minimum absolute atomic E-state index is 0.0760. The third-order valence-corrected chi connectivity index (χ3v) is 2.94. The molecule has 0 heterocycles. The predicted molar refractivity (Wildman–Crippen MR) is 71.6 cm³/mol. The molecule has 0 aliphatic rings. The van der Waals surface area contributed by atoms with Gasteiger partial charge in [0.25, 0.3) is 0 Å². The number of halogens is 3. The van der Waals surface area contributed by atoms with Gasteiger partial charge in [0, 0.05) is 16.7 Å². The van der Waals surface area contributed by atoms with Gasteiger partial charge in [-0.1, -0.05) is 23.2 Å². The average Bonchev–Trinajstić information content (AvgIpc) is 2.34. The molecule has 0 aliphatic carbocycles. The van der Waals surface area contributed by atoms with Crippen molar-refractivity contribution in [3.8, 4) is 5.75 Å². The number of benzene rings is 2. The van der Waals surface area contributed by atoms with Crippen molar-refractivity contribution in [2.45, 2.75) is 6.61 Å². The molecule has 2 nitrogen and oxygen atoms in total. The summed E-state index contributed by atoms with van der Waals surface area (Å²) >= 11 is 11.6. The topological polar surface area (TPSA) is 35.2 Å². The highest BCUT2D eigenvalue weighted by Crippen LogP contribution is 2.25. The number of hydrogen-bond acceptors (Lipinski definition) is 2. The summed E-state index contributed by atoms with van der Waals surface area (Å²) in [5, 5.41) is 0.865. The standard InChI is InChI=1S/C13H10Cl2FNO/c14-9-1-3-12(16)8(5-9)7-18-10-2-4-13(17)11(15)6-10/h1-6H,7,17H2. The first kappa shape index (κ1) is 13.0. The molecule has 0 saturated carbocycles. The van der Waals surface area contributed by atoms with E-state index < -0.39 is 0 Å². The summed E-state index contributed by atoms with van der Waals surface area (Å²) in [6, 6.07) is 9.20. The zero-order valence-electron chi connectivity index (χ0n) is 9.29. The Hall–Kier alpha value is -1.45. The molecule has 0 aromatic heterocycles. The van der Waals surface area contributed by atoms with E-state index in [1.54, 1.807) is 18.2 Å². The number of anilines is 1. The lowest BCUT2D eigenvalue weighted by Gasteiger charge is -2.08. The SMILES string of the molecule is Nc1ccc(OCc2cc(Cl)ccc2F)cc1Cl. The van der Waals surface area contributed by atoms with Crippen molar-refractivity contribution in [1.82, 2.24) is 0 Å². The van der Waals surface area contributed by atoms with Gasteiger partial charge in [-0.15, -0.1) is 0 Å². The van der Waals surface area contributed by atoms with E-state index in [9.17, 15) is 4.39 Å². The molecule has 2 aromatic rings. The highest BCUT2D eigenvalue weighted by Gasteiger charge is 2.05. The van der Waals surface area contributed by atoms with Crippen molar-refractivity contribution < 1.29 is 9.13 Å². The van der Waals surface area contributed by atoms with Crippen molar-refractivity contribution in [3.05, 3.63) is 57.8 Å². The number of ether oxygens (including phenoxy) is 1. The molecule has 0 aliphatic heterocycles. The van der Waals surface area contributed by atoms with Crippen molar-refractivity contribution >= 4 is 28.9 Å². The zero-order chi connectivity index (χ0) is 13.1. The van der Waals surface area contributed by atoms with Crippen LogP contribution in [0.1, 0.15) is 5.56 Å². The lowest BCUT2D eigenvalue weighted by atomic mass is 10.2. The van der Waals surface area contributed by atoms with Gasteiger partial charge in [0.1, 0.15) is 18.2 Å². The van der Waals surface area contributed by atoms with E-state index in [2.05, 4.69) is 0 Å². The molecule has 0 atom stereocenters. The van der Waals surface area contributed by atoms with Crippen LogP contribution in [0.25, 0.3) is 0 Å². The molecule has 0 radical (unpaired) electrons. The van der Waals surface area contributed by atoms with Gasteiger partial charge >= 0.3 is 0 Å². The van der Waals surface area contributed by atoms with E-state index in [0.29, 0.717) is 27.0 Å². The van der Waals surface area contributed by atoms with Crippen LogP contribution in [0.3, 0.4) is 0 Å². The Morgan fingerprint density at radius 2 is 1.89 bits per heavy atom. The largest absolute Gasteiger partial charge is 0.489 e. The van der Waals surface area contributed by atoms with Crippen LogP contribution in [0.2, 0.25) is 10.0 Å². The summed E-state index contributed by atoms with van der Waals surface area (Å²) in [5.74, 6) is 0.162. The van der Waals surface area contributed by atoms with E-state index in [4.69, 9.17) is 33.7 Å². The van der Waals surface area contributed by atoms with Crippen molar-refractivity contribution in [2.24, 2.45) is 0 Å². The molecule has 2 N–H and O–H groups in total. The van der Waals surface area contributed by atoms with E-state index >= 15 is 0 Å². The molecule has 0 fully saturated rings. The average molecular weight is 286 g/mol. The molecule has 0 bridgehead atoms. The fourth-order valence-electron chi connectivity index (χ4n) is 1.41. The number of hydrogen-bond donors (Lipinski definition) is 1. The van der Waals surface area contributed by atoms with Gasteiger partial charge < -0.3 is 10.5 Å². The second-order valence-electron chi connectivity index (χ2n) is 3.71. The fraction of sp³-hybridized carbons (Fsp3) is 0.0769. The molecule has 0 unspecified atom stereocenters. The van der Waals surface area contributed by atoms with Gasteiger partial charge in [-0.05, 0) is 30.3 Å². The minimum atomic E-state index is -0.360. The third-order valence-electron chi connectivity index (χ3n) is 2.37. The highest BCUT2D eigenvalue weighted by atomic mass is 35.5. The Balaban J connectivity index is 2.11. The summed E-state index contributed by atoms with van der Waals surface area (Å²) < 4.78 is 18.9. The summed E-state index contributed by atoms with van der Waals surface area (Å²) in [6.45, 7) is 0.0760. The summed E-state index contributed by atoms with van der Waals surface area (Å²) in [7, 11) is 0. The van der Waals surface area contributed by atoms with Gasteiger partial charge in [-0.2, -0.15) is 0 Å². The highest BCUT2D eigenvalue weighted by molar-refractivity contribution is 6.33. The van der Waals surface area contributed by atoms with Gasteiger partial charge in [0.2, 0.25) is 0 Å². The van der Waals surface area contributed by atoms with Gasteiger partial charge in [-0.25, -0.2) is 4.39 Å². The van der Waals surface area contributed by atoms with E-state index in [1.165, 1.54) is 18.2 Å². The lowest BCUT2D eigenvalue weighted by molar-refractivity contribution is 0.300. The van der Waals surface area contributed by atoms with E-state index in [0.717, 1.165) is 0 Å². The van der Waals surface area contributed by atoms with Crippen molar-refractivity contribution in [1.29, 1.82) is 0 Å². The Morgan fingerprint density at radius 1 is 1.11 bits per heavy atom. The lowest BCUT2D eigenvalue weighted by Crippen LogP contribution is -1.99. The normalized spacial score (nSPS) is 10.4. The first-order valence-corrected chi connectivity index (χ1v) is 5.93. The first-order valence-electron chi connectivity index (χ1n) is 5.18. The molecule has 0 amide bonds. The smallest absolute Gasteiger partial charge is 0.129 e. The molecule has 2 aromatic carbocycles. The van der Waals surface area contributed by atoms with Crippen molar-refractivity contribution in [3.63, 3.8) is 0 Å². The Kier molecular flexibility index (Phi) is 3.94. The van der Waals surface area contributed by atoms with Crippen LogP contribution in [0.5, 0.6) is 5.75 Å². The Bertz CT molecular complexity index is 575. The monoisotopic (exact) mass is 285 g/mol. The minimum Gasteiger partial charge on any atom is -0.489 e. The Morgan fingerprint density at radius 3 is 2.61 bits per heavy atom. The zero-order valence-corrected chi connectivity index (χ0v) is 10.8. The van der Waals surface area contributed by atoms with Crippen LogP contribution in [0.4, 0.5) is 10.1 Å². The third kappa shape index (κ3) is 3.06. The van der Waals surface area contributed by atoms with Gasteiger partial charge in [0.05, 0.1) is 10.7 Å². The maximum absolute atomic E-state index is 13.4. The maximum atomic E-state index is 13.4. The molecule has 2 rings (SSSR count). The number of nitrogen functional groups attached to an aromatic ring is 1. The van der Waals surface area contributed by atoms with Crippen LogP contribution in [-0.2, 0) is 6.61 Å². The van der Waals surface area contributed by atoms with Gasteiger partial charge in [-0.3, -0.25) is 0 Å². The van der Waals surface area contributed by atoms with Crippen molar-refractivity contribution in [2.75, 3.05) is 5.73 Å². The molecule has 94 valence electrons.